The van der Waals surface area contributed by atoms with Crippen LogP contribution in [0.25, 0.3) is 0 Å². The number of hydrogen-bond donors (Lipinski definition) is 0. The molecule has 0 heterocycles. The molecule has 0 atom stereocenters. The van der Waals surface area contributed by atoms with Crippen molar-refractivity contribution >= 4 is 9.84 Å². The molecule has 0 aliphatic rings. The van der Waals surface area contributed by atoms with Crippen molar-refractivity contribution in [1.29, 1.82) is 0 Å². The number of allylic oxidation sites excluding steroid dienone is 1. The lowest BCUT2D eigenvalue weighted by molar-refractivity contribution is 0.430. The van der Waals surface area contributed by atoms with Gasteiger partial charge in [0.2, 0.25) is 0 Å². The molecular formula is C12H14O3S. The normalized spacial score (nSPS) is 10.8. The lowest BCUT2D eigenvalue weighted by Crippen LogP contribution is -2.04. The van der Waals surface area contributed by atoms with E-state index in [0.29, 0.717) is 11.5 Å². The summed E-state index contributed by atoms with van der Waals surface area (Å²) in [7, 11) is -3.25. The van der Waals surface area contributed by atoms with Crippen molar-refractivity contribution in [3.05, 3.63) is 49.3 Å². The largest absolute Gasteiger partial charge is 0.463 e. The monoisotopic (exact) mass is 238 g/mol. The van der Waals surface area contributed by atoms with Gasteiger partial charge >= 0.3 is 0 Å². The minimum Gasteiger partial charge on any atom is -0.463 e. The predicted molar refractivity (Wildman–Crippen MR) is 64.1 cm³/mol. The van der Waals surface area contributed by atoms with Gasteiger partial charge in [0.05, 0.1) is 16.4 Å². The molecule has 1 aromatic carbocycles. The molecule has 1 aromatic rings. The number of ether oxygens (including phenoxy) is 1. The fourth-order valence-corrected chi connectivity index (χ4v) is 2.22. The molecule has 0 N–H and O–H groups in total. The Labute approximate surface area is 96.0 Å². The third-order valence-corrected chi connectivity index (χ3v) is 3.48. The Balaban J connectivity index is 2.95. The van der Waals surface area contributed by atoms with Gasteiger partial charge in [-0.3, -0.25) is 0 Å². The van der Waals surface area contributed by atoms with E-state index in [2.05, 4.69) is 13.2 Å². The van der Waals surface area contributed by atoms with Gasteiger partial charge in [0.1, 0.15) is 5.75 Å². The summed E-state index contributed by atoms with van der Waals surface area (Å²) >= 11 is 0. The average molecular weight is 238 g/mol. The summed E-state index contributed by atoms with van der Waals surface area (Å²) in [5.74, 6) is 1.07. The van der Waals surface area contributed by atoms with E-state index < -0.39 is 9.84 Å². The average Bonchev–Trinajstić information content (AvgIpc) is 2.17. The van der Waals surface area contributed by atoms with Crippen molar-refractivity contribution in [3.63, 3.8) is 0 Å². The summed E-state index contributed by atoms with van der Waals surface area (Å²) in [6, 6.07) is 6.23. The first-order valence-corrected chi connectivity index (χ1v) is 6.38. The van der Waals surface area contributed by atoms with Crippen molar-refractivity contribution in [2.24, 2.45) is 0 Å². The lowest BCUT2D eigenvalue weighted by Gasteiger charge is -2.05. The third-order valence-electron chi connectivity index (χ3n) is 1.81. The van der Waals surface area contributed by atoms with Crippen molar-refractivity contribution in [3.8, 4) is 5.75 Å². The molecule has 0 amide bonds. The summed E-state index contributed by atoms with van der Waals surface area (Å²) in [6.45, 7) is 8.73. The van der Waals surface area contributed by atoms with Crippen LogP contribution >= 0.6 is 0 Å². The molecule has 16 heavy (non-hydrogen) atoms. The van der Waals surface area contributed by atoms with Crippen molar-refractivity contribution in [2.75, 3.05) is 5.75 Å². The standard InChI is InChI=1S/C12H14O3S/c1-4-9-16(13,14)12-7-5-11(6-8-12)15-10(2)3/h4-8H,1-2,9H2,3H3. The first kappa shape index (κ1) is 12.5. The van der Waals surface area contributed by atoms with Gasteiger partial charge in [0, 0.05) is 0 Å². The van der Waals surface area contributed by atoms with Crippen LogP contribution in [-0.2, 0) is 9.84 Å². The molecule has 0 spiro atoms. The van der Waals surface area contributed by atoms with Gasteiger partial charge in [-0.15, -0.1) is 6.58 Å². The van der Waals surface area contributed by atoms with Crippen molar-refractivity contribution in [2.45, 2.75) is 11.8 Å². The summed E-state index contributed by atoms with van der Waals surface area (Å²) < 4.78 is 28.5. The highest BCUT2D eigenvalue weighted by Crippen LogP contribution is 2.18. The Kier molecular flexibility index (Phi) is 3.90. The van der Waals surface area contributed by atoms with Gasteiger partial charge in [0.15, 0.2) is 9.84 Å². The van der Waals surface area contributed by atoms with Crippen LogP contribution in [0, 0.1) is 0 Å². The van der Waals surface area contributed by atoms with Gasteiger partial charge in [0.25, 0.3) is 0 Å². The first-order valence-electron chi connectivity index (χ1n) is 4.73. The maximum Gasteiger partial charge on any atom is 0.181 e. The molecule has 1 rings (SSSR count). The molecule has 0 saturated heterocycles. The van der Waals surface area contributed by atoms with Crippen LogP contribution in [0.5, 0.6) is 5.75 Å². The van der Waals surface area contributed by atoms with E-state index in [1.165, 1.54) is 18.2 Å². The van der Waals surface area contributed by atoms with Gasteiger partial charge in [-0.05, 0) is 31.2 Å². The summed E-state index contributed by atoms with van der Waals surface area (Å²) in [5, 5.41) is 0. The minimum atomic E-state index is -3.25. The van der Waals surface area contributed by atoms with Crippen LogP contribution in [0.3, 0.4) is 0 Å². The summed E-state index contributed by atoms with van der Waals surface area (Å²) in [4.78, 5) is 0.265. The van der Waals surface area contributed by atoms with E-state index in [1.54, 1.807) is 19.1 Å². The smallest absolute Gasteiger partial charge is 0.181 e. The third kappa shape index (κ3) is 3.24. The second-order valence-corrected chi connectivity index (χ2v) is 5.38. The molecule has 0 aliphatic carbocycles. The second-order valence-electron chi connectivity index (χ2n) is 3.35. The van der Waals surface area contributed by atoms with E-state index in [9.17, 15) is 8.42 Å². The number of benzene rings is 1. The highest BCUT2D eigenvalue weighted by Gasteiger charge is 2.11. The van der Waals surface area contributed by atoms with E-state index in [0.717, 1.165) is 0 Å². The zero-order valence-electron chi connectivity index (χ0n) is 9.14. The molecule has 0 fully saturated rings. The first-order chi connectivity index (χ1) is 7.45. The van der Waals surface area contributed by atoms with Crippen molar-refractivity contribution in [1.82, 2.24) is 0 Å². The van der Waals surface area contributed by atoms with E-state index in [-0.39, 0.29) is 10.6 Å². The summed E-state index contributed by atoms with van der Waals surface area (Å²) in [5.41, 5.74) is 0. The molecule has 0 aliphatic heterocycles. The molecule has 0 unspecified atom stereocenters. The van der Waals surface area contributed by atoms with Gasteiger partial charge in [-0.25, -0.2) is 8.42 Å². The van der Waals surface area contributed by atoms with Crippen LogP contribution in [0.4, 0.5) is 0 Å². The SMILES string of the molecule is C=CCS(=O)(=O)c1ccc(OC(=C)C)cc1. The highest BCUT2D eigenvalue weighted by molar-refractivity contribution is 7.91. The topological polar surface area (TPSA) is 43.4 Å². The van der Waals surface area contributed by atoms with E-state index >= 15 is 0 Å². The second kappa shape index (κ2) is 4.99. The predicted octanol–water partition coefficient (Wildman–Crippen LogP) is 2.56. The van der Waals surface area contributed by atoms with Crippen LogP contribution in [0.1, 0.15) is 6.92 Å². The quantitative estimate of drug-likeness (QED) is 0.585. The zero-order valence-corrected chi connectivity index (χ0v) is 9.96. The number of hydrogen-bond acceptors (Lipinski definition) is 3. The fraction of sp³-hybridized carbons (Fsp3) is 0.167. The minimum absolute atomic E-state index is 0.0618. The van der Waals surface area contributed by atoms with Crippen LogP contribution in [-0.4, -0.2) is 14.2 Å². The molecular weight excluding hydrogens is 224 g/mol. The molecule has 0 bridgehead atoms. The maximum absolute atomic E-state index is 11.6. The Morgan fingerprint density at radius 2 is 1.94 bits per heavy atom. The molecule has 86 valence electrons. The van der Waals surface area contributed by atoms with Crippen molar-refractivity contribution < 1.29 is 13.2 Å². The fourth-order valence-electron chi connectivity index (χ4n) is 1.17. The highest BCUT2D eigenvalue weighted by atomic mass is 32.2. The van der Waals surface area contributed by atoms with Gasteiger partial charge < -0.3 is 4.74 Å². The van der Waals surface area contributed by atoms with Gasteiger partial charge in [-0.1, -0.05) is 12.7 Å². The molecule has 3 nitrogen and oxygen atoms in total. The van der Waals surface area contributed by atoms with E-state index in [4.69, 9.17) is 4.74 Å². The van der Waals surface area contributed by atoms with Gasteiger partial charge in [-0.2, -0.15) is 0 Å². The van der Waals surface area contributed by atoms with E-state index in [1.807, 2.05) is 0 Å². The van der Waals surface area contributed by atoms with Crippen LogP contribution in [0.15, 0.2) is 54.2 Å². The molecule has 0 aromatic heterocycles. The number of sulfone groups is 1. The molecule has 0 radical (unpaired) electrons. The Morgan fingerprint density at radius 1 is 1.38 bits per heavy atom. The zero-order chi connectivity index (χ0) is 12.2. The van der Waals surface area contributed by atoms with Crippen LogP contribution < -0.4 is 4.74 Å². The van der Waals surface area contributed by atoms with Crippen LogP contribution in [0.2, 0.25) is 0 Å². The Bertz CT molecular complexity index is 484. The Hall–Kier alpha value is -1.55. The number of rotatable bonds is 5. The molecule has 0 saturated carbocycles. The Morgan fingerprint density at radius 3 is 2.38 bits per heavy atom. The summed E-state index contributed by atoms with van der Waals surface area (Å²) in [6.07, 6.45) is 1.37. The molecule has 4 heteroatoms. The maximum atomic E-state index is 11.6. The lowest BCUT2D eigenvalue weighted by atomic mass is 10.3.